The molecule has 0 aliphatic heterocycles. The summed E-state index contributed by atoms with van der Waals surface area (Å²) in [4.78, 5) is 23.9. The van der Waals surface area contributed by atoms with Crippen molar-refractivity contribution in [3.8, 4) is 17.2 Å². The number of methoxy groups -OCH3 is 3. The Kier molecular flexibility index (Phi) is 7.05. The first kappa shape index (κ1) is 20.1. The Labute approximate surface area is 157 Å². The van der Waals surface area contributed by atoms with E-state index in [9.17, 15) is 14.7 Å². The van der Waals surface area contributed by atoms with Gasteiger partial charge in [-0.05, 0) is 41.8 Å². The molecule has 0 saturated carbocycles. The third kappa shape index (κ3) is 5.13. The van der Waals surface area contributed by atoms with Crippen molar-refractivity contribution < 1.29 is 28.9 Å². The predicted molar refractivity (Wildman–Crippen MR) is 99.6 cm³/mol. The van der Waals surface area contributed by atoms with Gasteiger partial charge in [0.2, 0.25) is 5.91 Å². The average Bonchev–Trinajstić information content (AvgIpc) is 2.68. The summed E-state index contributed by atoms with van der Waals surface area (Å²) in [7, 11) is 4.63. The smallest absolute Gasteiger partial charge is 0.320 e. The lowest BCUT2D eigenvalue weighted by atomic mass is 9.98. The number of amides is 1. The van der Waals surface area contributed by atoms with Crippen LogP contribution in [0.2, 0.25) is 0 Å². The van der Waals surface area contributed by atoms with Crippen LogP contribution in [0.25, 0.3) is 0 Å². The number of nitrogens with one attached hydrogen (secondary N) is 1. The van der Waals surface area contributed by atoms with Gasteiger partial charge in [0.1, 0.15) is 5.75 Å². The first-order valence-electron chi connectivity index (χ1n) is 8.35. The van der Waals surface area contributed by atoms with Gasteiger partial charge in [-0.1, -0.05) is 18.2 Å². The van der Waals surface area contributed by atoms with Crippen molar-refractivity contribution in [1.29, 1.82) is 0 Å². The summed E-state index contributed by atoms with van der Waals surface area (Å²) in [6.45, 7) is 0.300. The maximum Gasteiger partial charge on any atom is 0.320 e. The van der Waals surface area contributed by atoms with Crippen LogP contribution in [0.15, 0.2) is 42.5 Å². The van der Waals surface area contributed by atoms with Gasteiger partial charge in [0, 0.05) is 6.54 Å². The second kappa shape index (κ2) is 9.47. The van der Waals surface area contributed by atoms with E-state index in [2.05, 4.69) is 5.32 Å². The van der Waals surface area contributed by atoms with Crippen LogP contribution >= 0.6 is 0 Å². The summed E-state index contributed by atoms with van der Waals surface area (Å²) in [5.74, 6) is -1.23. The predicted octanol–water partition coefficient (Wildman–Crippen LogP) is 2.24. The molecule has 1 unspecified atom stereocenters. The van der Waals surface area contributed by atoms with Crippen molar-refractivity contribution in [3.05, 3.63) is 53.6 Å². The number of ether oxygens (including phenoxy) is 3. The number of hydrogen-bond donors (Lipinski definition) is 2. The fourth-order valence-corrected chi connectivity index (χ4v) is 2.67. The molecular formula is C20H23NO6. The minimum absolute atomic E-state index is 0.300. The molecule has 0 aliphatic rings. The van der Waals surface area contributed by atoms with Gasteiger partial charge in [-0.2, -0.15) is 0 Å². The number of carbonyl (C=O) groups is 2. The number of carboxylic acid groups (broad SMARTS) is 1. The molecule has 144 valence electrons. The van der Waals surface area contributed by atoms with Crippen molar-refractivity contribution in [1.82, 2.24) is 5.32 Å². The zero-order valence-corrected chi connectivity index (χ0v) is 15.5. The highest BCUT2D eigenvalue weighted by Crippen LogP contribution is 2.27. The summed E-state index contributed by atoms with van der Waals surface area (Å²) in [5.41, 5.74) is 1.33. The van der Waals surface area contributed by atoms with Gasteiger partial charge in [-0.25, -0.2) is 0 Å². The SMILES string of the molecule is COc1ccc(C(C(=O)O)C(=O)NCCc2ccc(OC)c(OC)c2)cc1. The molecule has 2 rings (SSSR count). The molecular weight excluding hydrogens is 350 g/mol. The monoisotopic (exact) mass is 373 g/mol. The average molecular weight is 373 g/mol. The molecule has 0 heterocycles. The molecule has 2 N–H and O–H groups in total. The van der Waals surface area contributed by atoms with Gasteiger partial charge in [0.15, 0.2) is 17.4 Å². The first-order valence-corrected chi connectivity index (χ1v) is 8.35. The molecule has 7 nitrogen and oxygen atoms in total. The summed E-state index contributed by atoms with van der Waals surface area (Å²) in [6, 6.07) is 11.9. The second-order valence-electron chi connectivity index (χ2n) is 5.77. The zero-order chi connectivity index (χ0) is 19.8. The Bertz CT molecular complexity index is 788. The van der Waals surface area contributed by atoms with Crippen LogP contribution in [0.1, 0.15) is 17.0 Å². The summed E-state index contributed by atoms with van der Waals surface area (Å²) >= 11 is 0. The van der Waals surface area contributed by atoms with E-state index in [0.29, 0.717) is 35.8 Å². The van der Waals surface area contributed by atoms with Crippen molar-refractivity contribution in [2.45, 2.75) is 12.3 Å². The molecule has 0 radical (unpaired) electrons. The van der Waals surface area contributed by atoms with E-state index in [1.165, 1.54) is 7.11 Å². The Morgan fingerprint density at radius 2 is 1.63 bits per heavy atom. The Morgan fingerprint density at radius 3 is 2.19 bits per heavy atom. The molecule has 0 aromatic heterocycles. The summed E-state index contributed by atoms with van der Waals surface area (Å²) in [5, 5.41) is 12.1. The van der Waals surface area contributed by atoms with E-state index < -0.39 is 17.8 Å². The van der Waals surface area contributed by atoms with Crippen LogP contribution < -0.4 is 19.5 Å². The Balaban J connectivity index is 2.00. The van der Waals surface area contributed by atoms with E-state index in [1.807, 2.05) is 12.1 Å². The van der Waals surface area contributed by atoms with Crippen LogP contribution in [0.5, 0.6) is 17.2 Å². The maximum absolute atomic E-state index is 12.4. The highest BCUT2D eigenvalue weighted by molar-refractivity contribution is 6.02. The van der Waals surface area contributed by atoms with E-state index in [1.54, 1.807) is 44.6 Å². The molecule has 0 saturated heterocycles. The van der Waals surface area contributed by atoms with Crippen molar-refractivity contribution in [2.24, 2.45) is 0 Å². The van der Waals surface area contributed by atoms with Crippen molar-refractivity contribution in [2.75, 3.05) is 27.9 Å². The van der Waals surface area contributed by atoms with Gasteiger partial charge in [-0.15, -0.1) is 0 Å². The number of rotatable bonds is 9. The summed E-state index contributed by atoms with van der Waals surface area (Å²) < 4.78 is 15.5. The van der Waals surface area contributed by atoms with Gasteiger partial charge in [0.05, 0.1) is 21.3 Å². The molecule has 7 heteroatoms. The minimum atomic E-state index is -1.28. The van der Waals surface area contributed by atoms with Gasteiger partial charge in [0.25, 0.3) is 0 Å². The molecule has 1 amide bonds. The molecule has 0 aliphatic carbocycles. The molecule has 2 aromatic carbocycles. The zero-order valence-electron chi connectivity index (χ0n) is 15.5. The lowest BCUT2D eigenvalue weighted by molar-refractivity contribution is -0.143. The van der Waals surface area contributed by atoms with Gasteiger partial charge >= 0.3 is 5.97 Å². The minimum Gasteiger partial charge on any atom is -0.497 e. The molecule has 0 spiro atoms. The highest BCUT2D eigenvalue weighted by atomic mass is 16.5. The van der Waals surface area contributed by atoms with E-state index >= 15 is 0 Å². The fourth-order valence-electron chi connectivity index (χ4n) is 2.67. The standard InChI is InChI=1S/C20H23NO6/c1-25-15-7-5-14(6-8-15)18(20(23)24)19(22)21-11-10-13-4-9-16(26-2)17(12-13)27-3/h4-9,12,18H,10-11H2,1-3H3,(H,21,22)(H,23,24). The largest absolute Gasteiger partial charge is 0.497 e. The number of carbonyl (C=O) groups excluding carboxylic acids is 1. The number of benzene rings is 2. The molecule has 0 bridgehead atoms. The van der Waals surface area contributed by atoms with Crippen LogP contribution in [-0.4, -0.2) is 44.9 Å². The second-order valence-corrected chi connectivity index (χ2v) is 5.77. The topological polar surface area (TPSA) is 94.1 Å². The van der Waals surface area contributed by atoms with Crippen molar-refractivity contribution >= 4 is 11.9 Å². The van der Waals surface area contributed by atoms with Gasteiger partial charge in [-0.3, -0.25) is 9.59 Å². The fraction of sp³-hybridized carbons (Fsp3) is 0.300. The molecule has 2 aromatic rings. The lowest BCUT2D eigenvalue weighted by Gasteiger charge is -2.14. The van der Waals surface area contributed by atoms with Crippen LogP contribution in [-0.2, 0) is 16.0 Å². The molecule has 0 fully saturated rings. The number of aliphatic carboxylic acids is 1. The molecule has 27 heavy (non-hydrogen) atoms. The van der Waals surface area contributed by atoms with E-state index in [4.69, 9.17) is 14.2 Å². The third-order valence-electron chi connectivity index (χ3n) is 4.12. The normalized spacial score (nSPS) is 11.4. The maximum atomic E-state index is 12.4. The highest BCUT2D eigenvalue weighted by Gasteiger charge is 2.27. The Morgan fingerprint density at radius 1 is 0.963 bits per heavy atom. The van der Waals surface area contributed by atoms with Crippen LogP contribution in [0.4, 0.5) is 0 Å². The molecule has 1 atom stereocenters. The van der Waals surface area contributed by atoms with Gasteiger partial charge < -0.3 is 24.6 Å². The lowest BCUT2D eigenvalue weighted by Crippen LogP contribution is -2.34. The quantitative estimate of drug-likeness (QED) is 0.655. The Hall–Kier alpha value is -3.22. The van der Waals surface area contributed by atoms with Crippen molar-refractivity contribution in [3.63, 3.8) is 0 Å². The third-order valence-corrected chi connectivity index (χ3v) is 4.12. The van der Waals surface area contributed by atoms with E-state index in [0.717, 1.165) is 5.56 Å². The van der Waals surface area contributed by atoms with Crippen LogP contribution in [0.3, 0.4) is 0 Å². The van der Waals surface area contributed by atoms with Crippen LogP contribution in [0, 0.1) is 0 Å². The number of carboxylic acids is 1. The summed E-state index contributed by atoms with van der Waals surface area (Å²) in [6.07, 6.45) is 0.529. The number of hydrogen-bond acceptors (Lipinski definition) is 5. The van der Waals surface area contributed by atoms with E-state index in [-0.39, 0.29) is 0 Å². The first-order chi connectivity index (χ1) is 13.0.